The number of methoxy groups -OCH3 is 1. The molecule has 0 bridgehead atoms. The van der Waals surface area contributed by atoms with E-state index < -0.39 is 0 Å². The molecule has 3 rings (SSSR count). The molecule has 6 nitrogen and oxygen atoms in total. The van der Waals surface area contributed by atoms with Gasteiger partial charge in [0.25, 0.3) is 0 Å². The maximum atomic E-state index is 9.55. The van der Waals surface area contributed by atoms with Crippen molar-refractivity contribution in [2.75, 3.05) is 33.3 Å². The summed E-state index contributed by atoms with van der Waals surface area (Å²) < 4.78 is 5.32. The van der Waals surface area contributed by atoms with Crippen molar-refractivity contribution >= 4 is 5.96 Å². The van der Waals surface area contributed by atoms with Crippen LogP contribution in [0.3, 0.4) is 0 Å². The van der Waals surface area contributed by atoms with Crippen LogP contribution in [0.5, 0.6) is 5.75 Å². The van der Waals surface area contributed by atoms with Gasteiger partial charge >= 0.3 is 0 Å². The molecule has 0 aliphatic carbocycles. The number of aliphatic imine (C=N–C) groups is 1. The standard InChI is InChI=1S/C24H34N4O2/c1-3-25-24(26-16-20-8-4-5-9-21(20)18-29)27-17-23(28-14-6-7-15-28)19-10-12-22(30-2)13-11-19/h4-5,8-13,23,29H,3,6-7,14-18H2,1-2H3,(H2,25,26,27). The Morgan fingerprint density at radius 1 is 1.07 bits per heavy atom. The van der Waals surface area contributed by atoms with Crippen molar-refractivity contribution in [1.82, 2.24) is 15.5 Å². The number of aliphatic hydroxyl groups is 1. The lowest BCUT2D eigenvalue weighted by atomic mass is 10.1. The molecule has 0 amide bonds. The quantitative estimate of drug-likeness (QED) is 0.438. The van der Waals surface area contributed by atoms with Gasteiger partial charge in [-0.3, -0.25) is 4.90 Å². The van der Waals surface area contributed by atoms with Gasteiger partial charge in [-0.2, -0.15) is 0 Å². The van der Waals surface area contributed by atoms with Crippen LogP contribution < -0.4 is 15.4 Å². The van der Waals surface area contributed by atoms with Crippen LogP contribution in [-0.2, 0) is 13.2 Å². The number of rotatable bonds is 9. The molecule has 1 atom stereocenters. The van der Waals surface area contributed by atoms with Gasteiger partial charge in [0.1, 0.15) is 5.75 Å². The van der Waals surface area contributed by atoms with Gasteiger partial charge in [0, 0.05) is 13.1 Å². The molecule has 1 unspecified atom stereocenters. The van der Waals surface area contributed by atoms with Gasteiger partial charge in [-0.1, -0.05) is 36.4 Å². The average molecular weight is 411 g/mol. The minimum absolute atomic E-state index is 0.0319. The summed E-state index contributed by atoms with van der Waals surface area (Å²) in [6, 6.07) is 16.5. The Morgan fingerprint density at radius 3 is 2.40 bits per heavy atom. The maximum absolute atomic E-state index is 9.55. The molecule has 0 spiro atoms. The normalized spacial score (nSPS) is 15.8. The van der Waals surface area contributed by atoms with E-state index in [4.69, 9.17) is 9.73 Å². The summed E-state index contributed by atoms with van der Waals surface area (Å²) in [5.41, 5.74) is 3.25. The Hall–Kier alpha value is -2.57. The van der Waals surface area contributed by atoms with E-state index >= 15 is 0 Å². The SMILES string of the molecule is CCNC(=NCc1ccccc1CO)NCC(c1ccc(OC)cc1)N1CCCC1. The maximum Gasteiger partial charge on any atom is 0.191 e. The van der Waals surface area contributed by atoms with Crippen LogP contribution in [0.4, 0.5) is 0 Å². The molecule has 1 heterocycles. The summed E-state index contributed by atoms with van der Waals surface area (Å²) in [5.74, 6) is 1.67. The lowest BCUT2D eigenvalue weighted by Gasteiger charge is -2.29. The van der Waals surface area contributed by atoms with E-state index in [2.05, 4.69) is 34.6 Å². The molecule has 6 heteroatoms. The van der Waals surface area contributed by atoms with Gasteiger partial charge in [-0.25, -0.2) is 4.99 Å². The Bertz CT molecular complexity index is 801. The van der Waals surface area contributed by atoms with E-state index in [0.717, 1.165) is 49.0 Å². The van der Waals surface area contributed by atoms with Crippen LogP contribution in [0, 0.1) is 0 Å². The molecular formula is C24H34N4O2. The summed E-state index contributed by atoms with van der Waals surface area (Å²) in [6.45, 7) is 6.45. The summed E-state index contributed by atoms with van der Waals surface area (Å²) in [4.78, 5) is 7.30. The lowest BCUT2D eigenvalue weighted by Crippen LogP contribution is -2.42. The van der Waals surface area contributed by atoms with Crippen LogP contribution in [0.25, 0.3) is 0 Å². The first-order chi connectivity index (χ1) is 14.7. The number of aliphatic hydroxyl groups excluding tert-OH is 1. The van der Waals surface area contributed by atoms with Crippen molar-refractivity contribution < 1.29 is 9.84 Å². The van der Waals surface area contributed by atoms with E-state index in [-0.39, 0.29) is 12.6 Å². The zero-order chi connectivity index (χ0) is 21.2. The minimum Gasteiger partial charge on any atom is -0.497 e. The third-order valence-electron chi connectivity index (χ3n) is 5.59. The highest BCUT2D eigenvalue weighted by molar-refractivity contribution is 5.79. The van der Waals surface area contributed by atoms with E-state index in [1.165, 1.54) is 18.4 Å². The fourth-order valence-electron chi connectivity index (χ4n) is 3.90. The highest BCUT2D eigenvalue weighted by Gasteiger charge is 2.23. The summed E-state index contributed by atoms with van der Waals surface area (Å²) in [6.07, 6.45) is 2.50. The number of benzene rings is 2. The first-order valence-electron chi connectivity index (χ1n) is 10.8. The smallest absolute Gasteiger partial charge is 0.191 e. The van der Waals surface area contributed by atoms with Gasteiger partial charge in [0.05, 0.1) is 26.3 Å². The van der Waals surface area contributed by atoms with Crippen molar-refractivity contribution in [3.05, 3.63) is 65.2 Å². The van der Waals surface area contributed by atoms with Gasteiger partial charge in [-0.05, 0) is 61.7 Å². The van der Waals surface area contributed by atoms with Crippen molar-refractivity contribution in [1.29, 1.82) is 0 Å². The largest absolute Gasteiger partial charge is 0.497 e. The monoisotopic (exact) mass is 410 g/mol. The summed E-state index contributed by atoms with van der Waals surface area (Å²) in [7, 11) is 1.70. The van der Waals surface area contributed by atoms with Crippen LogP contribution in [0.1, 0.15) is 42.5 Å². The summed E-state index contributed by atoms with van der Waals surface area (Å²) in [5, 5.41) is 16.4. The fourth-order valence-corrected chi connectivity index (χ4v) is 3.90. The topological polar surface area (TPSA) is 69.1 Å². The molecule has 1 saturated heterocycles. The molecule has 1 fully saturated rings. The molecule has 0 radical (unpaired) electrons. The highest BCUT2D eigenvalue weighted by Crippen LogP contribution is 2.26. The van der Waals surface area contributed by atoms with Crippen molar-refractivity contribution in [2.45, 2.75) is 39.0 Å². The molecule has 2 aromatic rings. The zero-order valence-electron chi connectivity index (χ0n) is 18.1. The third kappa shape index (κ3) is 5.97. The van der Waals surface area contributed by atoms with Crippen LogP contribution in [-0.4, -0.2) is 49.3 Å². The third-order valence-corrected chi connectivity index (χ3v) is 5.59. The van der Waals surface area contributed by atoms with E-state index in [9.17, 15) is 5.11 Å². The molecule has 1 aliphatic heterocycles. The lowest BCUT2D eigenvalue weighted by molar-refractivity contribution is 0.245. The number of hydrogen-bond acceptors (Lipinski definition) is 4. The van der Waals surface area contributed by atoms with Crippen molar-refractivity contribution in [3.8, 4) is 5.75 Å². The second-order valence-corrected chi connectivity index (χ2v) is 7.53. The van der Waals surface area contributed by atoms with Gasteiger partial charge in [0.2, 0.25) is 0 Å². The molecular weight excluding hydrogens is 376 g/mol. The Labute approximate surface area is 180 Å². The number of guanidine groups is 1. The number of nitrogens with one attached hydrogen (secondary N) is 2. The number of hydrogen-bond donors (Lipinski definition) is 3. The van der Waals surface area contributed by atoms with Crippen LogP contribution >= 0.6 is 0 Å². The predicted octanol–water partition coefficient (Wildman–Crippen LogP) is 3.08. The first-order valence-corrected chi connectivity index (χ1v) is 10.8. The van der Waals surface area contributed by atoms with Gasteiger partial charge in [-0.15, -0.1) is 0 Å². The Morgan fingerprint density at radius 2 is 1.77 bits per heavy atom. The van der Waals surface area contributed by atoms with Crippen molar-refractivity contribution in [3.63, 3.8) is 0 Å². The molecule has 0 aromatic heterocycles. The molecule has 30 heavy (non-hydrogen) atoms. The minimum atomic E-state index is 0.0319. The van der Waals surface area contributed by atoms with E-state index in [1.807, 2.05) is 36.4 Å². The van der Waals surface area contributed by atoms with Crippen LogP contribution in [0.2, 0.25) is 0 Å². The number of nitrogens with zero attached hydrogens (tertiary/aromatic N) is 2. The second-order valence-electron chi connectivity index (χ2n) is 7.53. The Balaban J connectivity index is 1.71. The zero-order valence-corrected chi connectivity index (χ0v) is 18.1. The van der Waals surface area contributed by atoms with Gasteiger partial charge in [0.15, 0.2) is 5.96 Å². The second kappa shape index (κ2) is 11.6. The first kappa shape index (κ1) is 22.1. The molecule has 0 saturated carbocycles. The molecule has 3 N–H and O–H groups in total. The molecule has 1 aliphatic rings. The summed E-state index contributed by atoms with van der Waals surface area (Å²) >= 11 is 0. The Kier molecular flexibility index (Phi) is 8.53. The highest BCUT2D eigenvalue weighted by atomic mass is 16.5. The van der Waals surface area contributed by atoms with Crippen LogP contribution in [0.15, 0.2) is 53.5 Å². The van der Waals surface area contributed by atoms with E-state index in [1.54, 1.807) is 7.11 Å². The average Bonchev–Trinajstić information content (AvgIpc) is 3.32. The van der Waals surface area contributed by atoms with Gasteiger partial charge < -0.3 is 20.5 Å². The predicted molar refractivity (Wildman–Crippen MR) is 122 cm³/mol. The van der Waals surface area contributed by atoms with Crippen molar-refractivity contribution in [2.24, 2.45) is 4.99 Å². The molecule has 2 aromatic carbocycles. The fraction of sp³-hybridized carbons (Fsp3) is 0.458. The van der Waals surface area contributed by atoms with E-state index in [0.29, 0.717) is 6.54 Å². The number of likely N-dealkylation sites (tertiary alicyclic amines) is 1. The number of ether oxygens (including phenoxy) is 1. The molecule has 162 valence electrons.